The molecule has 0 bridgehead atoms. The van der Waals surface area contributed by atoms with Gasteiger partial charge in [0.25, 0.3) is 0 Å². The van der Waals surface area contributed by atoms with Gasteiger partial charge in [0.15, 0.2) is 0 Å². The molecule has 0 fully saturated rings. The summed E-state index contributed by atoms with van der Waals surface area (Å²) in [4.78, 5) is 10.1. The van der Waals surface area contributed by atoms with Crippen molar-refractivity contribution in [1.82, 2.24) is 9.97 Å². The second-order valence-electron chi connectivity index (χ2n) is 3.54. The van der Waals surface area contributed by atoms with Gasteiger partial charge in [-0.1, -0.05) is 6.07 Å². The Morgan fingerprint density at radius 3 is 2.59 bits per heavy atom. The molecule has 0 spiro atoms. The maximum atomic E-state index is 13.2. The van der Waals surface area contributed by atoms with Gasteiger partial charge in [0.1, 0.15) is 5.82 Å². The van der Waals surface area contributed by atoms with Gasteiger partial charge >= 0.3 is 0 Å². The quantitative estimate of drug-likeness (QED) is 0.882. The molecule has 2 N–H and O–H groups in total. The van der Waals surface area contributed by atoms with Gasteiger partial charge in [-0.05, 0) is 25.1 Å². The Labute approximate surface area is 98.9 Å². The number of halogens is 1. The van der Waals surface area contributed by atoms with E-state index in [0.717, 1.165) is 5.69 Å². The van der Waals surface area contributed by atoms with E-state index >= 15 is 0 Å². The Kier molecular flexibility index (Phi) is 3.18. The number of anilines is 3. The Morgan fingerprint density at radius 1 is 1.29 bits per heavy atom. The number of hydrogen-bond acceptors (Lipinski definition) is 4. The van der Waals surface area contributed by atoms with Gasteiger partial charge in [0.2, 0.25) is 5.95 Å². The van der Waals surface area contributed by atoms with E-state index < -0.39 is 0 Å². The van der Waals surface area contributed by atoms with Gasteiger partial charge in [-0.25, -0.2) is 14.4 Å². The first kappa shape index (κ1) is 11.3. The van der Waals surface area contributed by atoms with Gasteiger partial charge in [-0.15, -0.1) is 0 Å². The summed E-state index contributed by atoms with van der Waals surface area (Å²) in [6.07, 6.45) is 3.06. The zero-order chi connectivity index (χ0) is 12.3. The predicted molar refractivity (Wildman–Crippen MR) is 65.5 cm³/mol. The van der Waals surface area contributed by atoms with E-state index in [-0.39, 0.29) is 5.82 Å². The van der Waals surface area contributed by atoms with Crippen LogP contribution in [0.5, 0.6) is 0 Å². The normalized spacial score (nSPS) is 10.2. The average Bonchev–Trinajstić information content (AvgIpc) is 2.33. The molecular formula is C12H13FN4. The van der Waals surface area contributed by atoms with Crippen LogP contribution in [0.15, 0.2) is 36.7 Å². The summed E-state index contributed by atoms with van der Waals surface area (Å²) in [6.45, 7) is 2.60. The number of nitrogen functional groups attached to an aromatic ring is 1. The Bertz CT molecular complexity index is 498. The van der Waals surface area contributed by atoms with Gasteiger partial charge in [0.05, 0.1) is 18.1 Å². The Hall–Kier alpha value is -2.17. The van der Waals surface area contributed by atoms with Crippen molar-refractivity contribution in [3.63, 3.8) is 0 Å². The molecule has 0 aliphatic heterocycles. The van der Waals surface area contributed by atoms with Crippen LogP contribution in [0.25, 0.3) is 0 Å². The topological polar surface area (TPSA) is 55.0 Å². The highest BCUT2D eigenvalue weighted by Crippen LogP contribution is 2.22. The maximum Gasteiger partial charge on any atom is 0.229 e. The van der Waals surface area contributed by atoms with Gasteiger partial charge in [0, 0.05) is 12.2 Å². The van der Waals surface area contributed by atoms with Crippen LogP contribution in [0, 0.1) is 5.82 Å². The van der Waals surface area contributed by atoms with Crippen LogP contribution in [0.1, 0.15) is 6.92 Å². The molecule has 0 saturated carbocycles. The van der Waals surface area contributed by atoms with Crippen molar-refractivity contribution in [2.45, 2.75) is 6.92 Å². The van der Waals surface area contributed by atoms with Crippen molar-refractivity contribution >= 4 is 17.3 Å². The summed E-state index contributed by atoms with van der Waals surface area (Å²) in [7, 11) is 0. The zero-order valence-electron chi connectivity index (χ0n) is 9.47. The lowest BCUT2D eigenvalue weighted by atomic mass is 10.3. The summed E-state index contributed by atoms with van der Waals surface area (Å²) in [6, 6.07) is 6.32. The van der Waals surface area contributed by atoms with Gasteiger partial charge in [-0.3, -0.25) is 0 Å². The molecule has 5 heteroatoms. The second kappa shape index (κ2) is 4.78. The molecule has 2 aromatic rings. The molecule has 0 saturated heterocycles. The largest absolute Gasteiger partial charge is 0.396 e. The van der Waals surface area contributed by atoms with Crippen molar-refractivity contribution in [3.05, 3.63) is 42.5 Å². The minimum absolute atomic E-state index is 0.281. The number of rotatable bonds is 3. The van der Waals surface area contributed by atoms with Crippen LogP contribution in [0.2, 0.25) is 0 Å². The molecule has 0 aliphatic carbocycles. The van der Waals surface area contributed by atoms with E-state index in [1.54, 1.807) is 6.07 Å². The summed E-state index contributed by atoms with van der Waals surface area (Å²) in [5.74, 6) is 0.226. The van der Waals surface area contributed by atoms with Crippen LogP contribution in [0.4, 0.5) is 21.7 Å². The minimum Gasteiger partial charge on any atom is -0.396 e. The zero-order valence-corrected chi connectivity index (χ0v) is 9.47. The lowest BCUT2D eigenvalue weighted by Crippen LogP contribution is -2.18. The van der Waals surface area contributed by atoms with Crippen LogP contribution in [-0.2, 0) is 0 Å². The molecular weight excluding hydrogens is 219 g/mol. The number of hydrogen-bond donors (Lipinski definition) is 1. The molecule has 4 nitrogen and oxygen atoms in total. The smallest absolute Gasteiger partial charge is 0.229 e. The summed E-state index contributed by atoms with van der Waals surface area (Å²) >= 11 is 0. The van der Waals surface area contributed by atoms with E-state index in [1.807, 2.05) is 17.9 Å². The molecule has 0 atom stereocenters. The highest BCUT2D eigenvalue weighted by Gasteiger charge is 2.10. The van der Waals surface area contributed by atoms with Crippen LogP contribution >= 0.6 is 0 Å². The molecule has 0 amide bonds. The molecule has 0 aliphatic rings. The minimum atomic E-state index is -0.281. The second-order valence-corrected chi connectivity index (χ2v) is 3.54. The molecule has 1 aromatic heterocycles. The monoisotopic (exact) mass is 232 g/mol. The fourth-order valence-electron chi connectivity index (χ4n) is 1.55. The fourth-order valence-corrected chi connectivity index (χ4v) is 1.55. The first-order chi connectivity index (χ1) is 8.20. The van der Waals surface area contributed by atoms with E-state index in [1.165, 1.54) is 24.5 Å². The third-order valence-corrected chi connectivity index (χ3v) is 2.34. The van der Waals surface area contributed by atoms with E-state index in [0.29, 0.717) is 18.2 Å². The highest BCUT2D eigenvalue weighted by atomic mass is 19.1. The summed E-state index contributed by atoms with van der Waals surface area (Å²) in [5, 5.41) is 0. The van der Waals surface area contributed by atoms with Crippen LogP contribution in [-0.4, -0.2) is 16.5 Å². The molecule has 17 heavy (non-hydrogen) atoms. The standard InChI is InChI=1S/C12H13FN4/c1-2-17(11-5-3-4-9(13)6-11)12-15-7-10(14)8-16-12/h3-8H,2,14H2,1H3. The molecule has 0 radical (unpaired) electrons. The number of benzene rings is 1. The molecule has 1 aromatic carbocycles. The fraction of sp³-hybridized carbons (Fsp3) is 0.167. The van der Waals surface area contributed by atoms with E-state index in [9.17, 15) is 4.39 Å². The van der Waals surface area contributed by atoms with Crippen molar-refractivity contribution in [3.8, 4) is 0 Å². The SMILES string of the molecule is CCN(c1cccc(F)c1)c1ncc(N)cn1. The van der Waals surface area contributed by atoms with Gasteiger partial charge < -0.3 is 10.6 Å². The average molecular weight is 232 g/mol. The number of nitrogens with two attached hydrogens (primary N) is 1. The molecule has 0 unspecified atom stereocenters. The Morgan fingerprint density at radius 2 is 2.00 bits per heavy atom. The molecule has 2 rings (SSSR count). The maximum absolute atomic E-state index is 13.2. The molecule has 88 valence electrons. The number of nitrogens with zero attached hydrogens (tertiary/aromatic N) is 3. The van der Waals surface area contributed by atoms with Crippen molar-refractivity contribution < 1.29 is 4.39 Å². The first-order valence-corrected chi connectivity index (χ1v) is 5.31. The number of aromatic nitrogens is 2. The highest BCUT2D eigenvalue weighted by molar-refractivity contribution is 5.57. The van der Waals surface area contributed by atoms with Gasteiger partial charge in [-0.2, -0.15) is 0 Å². The lowest BCUT2D eigenvalue weighted by Gasteiger charge is -2.20. The first-order valence-electron chi connectivity index (χ1n) is 5.31. The lowest BCUT2D eigenvalue weighted by molar-refractivity contribution is 0.627. The van der Waals surface area contributed by atoms with Crippen LogP contribution in [0.3, 0.4) is 0 Å². The third kappa shape index (κ3) is 2.50. The third-order valence-electron chi connectivity index (χ3n) is 2.34. The Balaban J connectivity index is 2.36. The van der Waals surface area contributed by atoms with Crippen molar-refractivity contribution in [1.29, 1.82) is 0 Å². The summed E-state index contributed by atoms with van der Waals surface area (Å²) in [5.41, 5.74) is 6.75. The van der Waals surface area contributed by atoms with Crippen molar-refractivity contribution in [2.75, 3.05) is 17.2 Å². The predicted octanol–water partition coefficient (Wildman–Crippen LogP) is 2.36. The van der Waals surface area contributed by atoms with E-state index in [2.05, 4.69) is 9.97 Å². The summed E-state index contributed by atoms with van der Waals surface area (Å²) < 4.78 is 13.2. The molecule has 1 heterocycles. The van der Waals surface area contributed by atoms with Crippen LogP contribution < -0.4 is 10.6 Å². The van der Waals surface area contributed by atoms with E-state index in [4.69, 9.17) is 5.73 Å². The van der Waals surface area contributed by atoms with Crippen molar-refractivity contribution in [2.24, 2.45) is 0 Å².